The number of carbonyl (C=O) groups excluding carboxylic acids is 4. The molecule has 0 saturated carbocycles. The average molecular weight is 492 g/mol. The van der Waals surface area contributed by atoms with E-state index in [1.54, 1.807) is 0 Å². The van der Waals surface area contributed by atoms with Crippen molar-refractivity contribution in [3.63, 3.8) is 0 Å². The summed E-state index contributed by atoms with van der Waals surface area (Å²) in [5, 5.41) is 3.12. The van der Waals surface area contributed by atoms with Gasteiger partial charge in [-0.15, -0.1) is 0 Å². The third-order valence-corrected chi connectivity index (χ3v) is 4.74. The molecule has 176 valence electrons. The monoisotopic (exact) mass is 491 g/mol. The van der Waals surface area contributed by atoms with Crippen molar-refractivity contribution >= 4 is 47.0 Å². The summed E-state index contributed by atoms with van der Waals surface area (Å²) < 4.78 is 27.5. The van der Waals surface area contributed by atoms with E-state index in [-0.39, 0.29) is 17.4 Å². The summed E-state index contributed by atoms with van der Waals surface area (Å²) in [6.45, 7) is 4.39. The minimum atomic E-state index is -1.27. The van der Waals surface area contributed by atoms with E-state index in [1.165, 1.54) is 32.0 Å². The molecule has 0 unspecified atom stereocenters. The highest BCUT2D eigenvalue weighted by atomic mass is 35.5. The van der Waals surface area contributed by atoms with E-state index in [2.05, 4.69) is 5.32 Å². The number of hydrogen-bond donors (Lipinski definition) is 1. The van der Waals surface area contributed by atoms with Crippen molar-refractivity contribution < 1.29 is 42.9 Å². The molecule has 1 heterocycles. The zero-order valence-corrected chi connectivity index (χ0v) is 19.3. The topological polar surface area (TPSA) is 126 Å². The molecule has 2 rings (SSSR count). The van der Waals surface area contributed by atoms with E-state index in [9.17, 15) is 19.2 Å². The first-order chi connectivity index (χ1) is 15.0. The lowest BCUT2D eigenvalue weighted by Crippen LogP contribution is -2.67. The number of rotatable bonds is 7. The maximum absolute atomic E-state index is 11.9. The molecule has 0 bridgehead atoms. The molecule has 32 heavy (non-hydrogen) atoms. The quantitative estimate of drug-likeness (QED) is 0.449. The molecule has 1 fully saturated rings. The van der Waals surface area contributed by atoms with Gasteiger partial charge in [-0.2, -0.15) is 0 Å². The minimum absolute atomic E-state index is 0.158. The summed E-state index contributed by atoms with van der Waals surface area (Å²) in [6.07, 6.45) is -4.80. The van der Waals surface area contributed by atoms with Crippen LogP contribution in [0, 0.1) is 0 Å². The Bertz CT molecular complexity index is 879. The molecule has 0 radical (unpaired) electrons. The highest BCUT2D eigenvalue weighted by Crippen LogP contribution is 2.33. The summed E-state index contributed by atoms with van der Waals surface area (Å²) in [5.74, 6) is -2.35. The van der Waals surface area contributed by atoms with Gasteiger partial charge >= 0.3 is 17.9 Å². The van der Waals surface area contributed by atoms with Gasteiger partial charge in [0.1, 0.15) is 24.5 Å². The van der Waals surface area contributed by atoms with Gasteiger partial charge in [0.25, 0.3) is 0 Å². The molecule has 1 aliphatic rings. The van der Waals surface area contributed by atoms with E-state index < -0.39 is 54.5 Å². The maximum atomic E-state index is 11.9. The van der Waals surface area contributed by atoms with Crippen LogP contribution in [-0.2, 0) is 38.1 Å². The number of esters is 3. The standard InChI is InChI=1S/C20H23Cl2NO9/c1-9(24)23-17-19(30-12(4)27)18(29-11(3)26)16(8-28-10(2)25)32-20(17)31-15-6-5-13(21)7-14(15)22/h5-7,16-20H,8H2,1-4H3,(H,23,24)/t16-,17+,18-,19+,20-/m1/s1. The summed E-state index contributed by atoms with van der Waals surface area (Å²) in [4.78, 5) is 46.8. The number of benzene rings is 1. The van der Waals surface area contributed by atoms with Crippen LogP contribution in [-0.4, -0.2) is 61.1 Å². The highest BCUT2D eigenvalue weighted by molar-refractivity contribution is 6.35. The maximum Gasteiger partial charge on any atom is 0.303 e. The number of amides is 1. The van der Waals surface area contributed by atoms with Crippen LogP contribution in [0.4, 0.5) is 0 Å². The van der Waals surface area contributed by atoms with Crippen LogP contribution in [0.5, 0.6) is 5.75 Å². The predicted molar refractivity (Wildman–Crippen MR) is 111 cm³/mol. The molecule has 0 spiro atoms. The first kappa shape index (κ1) is 25.7. The Morgan fingerprint density at radius 2 is 1.59 bits per heavy atom. The Morgan fingerprint density at radius 3 is 2.12 bits per heavy atom. The Labute approximate surface area is 194 Å². The Morgan fingerprint density at radius 1 is 0.969 bits per heavy atom. The van der Waals surface area contributed by atoms with Gasteiger partial charge in [-0.25, -0.2) is 0 Å². The van der Waals surface area contributed by atoms with Crippen LogP contribution < -0.4 is 10.1 Å². The minimum Gasteiger partial charge on any atom is -0.463 e. The normalized spacial score (nSPS) is 24.8. The number of ether oxygens (including phenoxy) is 5. The largest absolute Gasteiger partial charge is 0.463 e. The van der Waals surface area contributed by atoms with Gasteiger partial charge in [-0.3, -0.25) is 19.2 Å². The van der Waals surface area contributed by atoms with Crippen molar-refractivity contribution in [1.29, 1.82) is 0 Å². The van der Waals surface area contributed by atoms with Crippen LogP contribution in [0.3, 0.4) is 0 Å². The molecule has 1 amide bonds. The molecule has 0 aliphatic carbocycles. The van der Waals surface area contributed by atoms with Crippen LogP contribution in [0.15, 0.2) is 18.2 Å². The number of nitrogens with one attached hydrogen (secondary N) is 1. The molecule has 1 N–H and O–H groups in total. The summed E-state index contributed by atoms with van der Waals surface area (Å²) in [5.41, 5.74) is 0. The molecule has 0 aromatic heterocycles. The van der Waals surface area contributed by atoms with Crippen molar-refractivity contribution in [3.8, 4) is 5.75 Å². The molecule has 5 atom stereocenters. The second-order valence-electron chi connectivity index (χ2n) is 6.91. The zero-order valence-electron chi connectivity index (χ0n) is 17.8. The second-order valence-corrected chi connectivity index (χ2v) is 7.76. The van der Waals surface area contributed by atoms with Crippen molar-refractivity contribution in [2.75, 3.05) is 6.61 Å². The fraction of sp³-hybridized carbons (Fsp3) is 0.500. The van der Waals surface area contributed by atoms with Gasteiger partial charge in [0.15, 0.2) is 12.2 Å². The van der Waals surface area contributed by atoms with Gasteiger partial charge in [0.05, 0.1) is 5.02 Å². The SMILES string of the molecule is CC(=O)N[C@@H]1[C@H](Oc2ccc(Cl)cc2Cl)O[C@H](COC(C)=O)[C@@H](OC(C)=O)[C@H]1OC(C)=O. The molecular weight excluding hydrogens is 469 g/mol. The number of hydrogen-bond acceptors (Lipinski definition) is 9. The average Bonchev–Trinajstić information content (AvgIpc) is 2.65. The van der Waals surface area contributed by atoms with Crippen molar-refractivity contribution in [2.24, 2.45) is 0 Å². The van der Waals surface area contributed by atoms with Crippen LogP contribution in [0.25, 0.3) is 0 Å². The van der Waals surface area contributed by atoms with Crippen LogP contribution in [0.1, 0.15) is 27.7 Å². The molecule has 1 aromatic rings. The van der Waals surface area contributed by atoms with E-state index in [0.29, 0.717) is 5.02 Å². The lowest BCUT2D eigenvalue weighted by molar-refractivity contribution is -0.257. The predicted octanol–water partition coefficient (Wildman–Crippen LogP) is 2.03. The third-order valence-electron chi connectivity index (χ3n) is 4.21. The molecule has 12 heteroatoms. The smallest absolute Gasteiger partial charge is 0.303 e. The Balaban J connectivity index is 2.47. The lowest BCUT2D eigenvalue weighted by Gasteiger charge is -2.44. The number of halogens is 2. The molecule has 1 aromatic carbocycles. The van der Waals surface area contributed by atoms with E-state index in [4.69, 9.17) is 46.9 Å². The van der Waals surface area contributed by atoms with Crippen molar-refractivity contribution in [3.05, 3.63) is 28.2 Å². The third kappa shape index (κ3) is 7.25. The molecule has 1 aliphatic heterocycles. The fourth-order valence-electron chi connectivity index (χ4n) is 3.09. The fourth-order valence-corrected chi connectivity index (χ4v) is 3.54. The molecular formula is C20H23Cl2NO9. The molecule has 10 nitrogen and oxygen atoms in total. The van der Waals surface area contributed by atoms with Gasteiger partial charge in [-0.1, -0.05) is 23.2 Å². The first-order valence-corrected chi connectivity index (χ1v) is 10.3. The van der Waals surface area contributed by atoms with E-state index in [0.717, 1.165) is 13.8 Å². The van der Waals surface area contributed by atoms with Gasteiger partial charge < -0.3 is 29.0 Å². The summed E-state index contributed by atoms with van der Waals surface area (Å²) >= 11 is 12.1. The summed E-state index contributed by atoms with van der Waals surface area (Å²) in [6, 6.07) is 3.34. The van der Waals surface area contributed by atoms with Gasteiger partial charge in [-0.05, 0) is 18.2 Å². The summed E-state index contributed by atoms with van der Waals surface area (Å²) in [7, 11) is 0. The Kier molecular flexibility index (Phi) is 9.11. The van der Waals surface area contributed by atoms with Crippen LogP contribution >= 0.6 is 23.2 Å². The number of carbonyl (C=O) groups is 4. The van der Waals surface area contributed by atoms with E-state index >= 15 is 0 Å². The van der Waals surface area contributed by atoms with Crippen molar-refractivity contribution in [1.82, 2.24) is 5.32 Å². The van der Waals surface area contributed by atoms with Gasteiger partial charge in [0.2, 0.25) is 12.2 Å². The highest BCUT2D eigenvalue weighted by Gasteiger charge is 2.52. The zero-order chi connectivity index (χ0) is 24.0. The van der Waals surface area contributed by atoms with Crippen LogP contribution in [0.2, 0.25) is 10.0 Å². The Hall–Kier alpha value is -2.56. The van der Waals surface area contributed by atoms with Gasteiger partial charge in [0, 0.05) is 32.7 Å². The first-order valence-electron chi connectivity index (χ1n) is 9.50. The second kappa shape index (κ2) is 11.3. The van der Waals surface area contributed by atoms with Crippen molar-refractivity contribution in [2.45, 2.75) is 58.3 Å². The van der Waals surface area contributed by atoms with E-state index in [1.807, 2.05) is 0 Å². The molecule has 1 saturated heterocycles. The lowest BCUT2D eigenvalue weighted by atomic mass is 9.96.